The van der Waals surface area contributed by atoms with Crippen LogP contribution in [0.3, 0.4) is 0 Å². The lowest BCUT2D eigenvalue weighted by atomic mass is 10.2. The molecule has 3 rings (SSSR count). The molecule has 1 aromatic carbocycles. The van der Waals surface area contributed by atoms with Gasteiger partial charge in [0.15, 0.2) is 6.61 Å². The first-order valence-electron chi connectivity index (χ1n) is 8.57. The number of aromatic amines is 1. The molecule has 1 fully saturated rings. The number of rotatable bonds is 5. The summed E-state index contributed by atoms with van der Waals surface area (Å²) < 4.78 is 5.53. The molecule has 132 valence electrons. The summed E-state index contributed by atoms with van der Waals surface area (Å²) in [4.78, 5) is 31.3. The second-order valence-corrected chi connectivity index (χ2v) is 6.11. The molecule has 1 N–H and O–H groups in total. The van der Waals surface area contributed by atoms with Crippen molar-refractivity contribution in [2.24, 2.45) is 0 Å². The van der Waals surface area contributed by atoms with Crippen molar-refractivity contribution in [2.45, 2.75) is 12.8 Å². The smallest absolute Gasteiger partial charge is 0.260 e. The number of aromatic nitrogens is 1. The zero-order valence-electron chi connectivity index (χ0n) is 14.2. The van der Waals surface area contributed by atoms with E-state index < -0.39 is 0 Å². The van der Waals surface area contributed by atoms with Gasteiger partial charge in [-0.15, -0.1) is 0 Å². The largest absolute Gasteiger partial charge is 0.484 e. The molecule has 1 aliphatic heterocycles. The molecule has 2 aromatic rings. The molecule has 0 aliphatic carbocycles. The Morgan fingerprint density at radius 3 is 2.36 bits per heavy atom. The standard InChI is InChI=1S/C19H23N3O3/c23-18(13-16-7-8-20-14-16)21-9-4-10-22(12-11-21)19(24)15-25-17-5-2-1-3-6-17/h1-3,5-8,14,20H,4,9-13,15H2. The van der Waals surface area contributed by atoms with Crippen molar-refractivity contribution < 1.29 is 14.3 Å². The molecule has 0 radical (unpaired) electrons. The van der Waals surface area contributed by atoms with Crippen LogP contribution in [0, 0.1) is 0 Å². The fraction of sp³-hybridized carbons (Fsp3) is 0.368. The van der Waals surface area contributed by atoms with E-state index in [1.165, 1.54) is 0 Å². The van der Waals surface area contributed by atoms with Crippen LogP contribution in [0.25, 0.3) is 0 Å². The van der Waals surface area contributed by atoms with E-state index in [0.29, 0.717) is 38.3 Å². The number of carbonyl (C=O) groups is 2. The van der Waals surface area contributed by atoms with Crippen LogP contribution in [-0.4, -0.2) is 59.4 Å². The summed E-state index contributed by atoms with van der Waals surface area (Å²) in [6.45, 7) is 2.50. The SMILES string of the molecule is O=C(COc1ccccc1)N1CCCN(C(=O)Cc2cc[nH]c2)CC1. The van der Waals surface area contributed by atoms with E-state index in [1.807, 2.05) is 53.7 Å². The van der Waals surface area contributed by atoms with Gasteiger partial charge in [0.1, 0.15) is 5.75 Å². The van der Waals surface area contributed by atoms with Crippen LogP contribution in [0.1, 0.15) is 12.0 Å². The van der Waals surface area contributed by atoms with Crippen molar-refractivity contribution in [1.82, 2.24) is 14.8 Å². The van der Waals surface area contributed by atoms with Crippen LogP contribution in [0.15, 0.2) is 48.8 Å². The van der Waals surface area contributed by atoms with Crippen molar-refractivity contribution in [1.29, 1.82) is 0 Å². The molecule has 1 saturated heterocycles. The number of carbonyl (C=O) groups excluding carboxylic acids is 2. The average Bonchev–Trinajstić information content (AvgIpc) is 3.01. The number of hydrogen-bond acceptors (Lipinski definition) is 3. The predicted molar refractivity (Wildman–Crippen MR) is 94.2 cm³/mol. The zero-order chi connectivity index (χ0) is 17.5. The molecule has 6 nitrogen and oxygen atoms in total. The first kappa shape index (κ1) is 17.1. The quantitative estimate of drug-likeness (QED) is 0.900. The number of ether oxygens (including phenoxy) is 1. The molecule has 0 unspecified atom stereocenters. The van der Waals surface area contributed by atoms with Crippen LogP contribution in [0.5, 0.6) is 5.75 Å². The Morgan fingerprint density at radius 1 is 0.960 bits per heavy atom. The second-order valence-electron chi connectivity index (χ2n) is 6.11. The Morgan fingerprint density at radius 2 is 1.68 bits per heavy atom. The molecule has 0 spiro atoms. The summed E-state index contributed by atoms with van der Waals surface area (Å²) in [5.41, 5.74) is 0.985. The van der Waals surface area contributed by atoms with Gasteiger partial charge < -0.3 is 19.5 Å². The van der Waals surface area contributed by atoms with Crippen molar-refractivity contribution in [3.63, 3.8) is 0 Å². The van der Waals surface area contributed by atoms with Gasteiger partial charge in [-0.05, 0) is 30.2 Å². The highest BCUT2D eigenvalue weighted by atomic mass is 16.5. The van der Waals surface area contributed by atoms with E-state index in [4.69, 9.17) is 4.74 Å². The number of nitrogens with zero attached hydrogens (tertiary/aromatic N) is 2. The van der Waals surface area contributed by atoms with Crippen molar-refractivity contribution in [3.8, 4) is 5.75 Å². The van der Waals surface area contributed by atoms with Crippen molar-refractivity contribution >= 4 is 11.8 Å². The molecule has 2 amide bonds. The molecule has 2 heterocycles. The lowest BCUT2D eigenvalue weighted by molar-refractivity contribution is -0.134. The summed E-state index contributed by atoms with van der Waals surface area (Å²) in [5.74, 6) is 0.757. The lowest BCUT2D eigenvalue weighted by Gasteiger charge is -2.22. The Bertz CT molecular complexity index is 685. The van der Waals surface area contributed by atoms with Crippen molar-refractivity contribution in [3.05, 3.63) is 54.4 Å². The van der Waals surface area contributed by atoms with E-state index >= 15 is 0 Å². The summed E-state index contributed by atoms with van der Waals surface area (Å²) in [7, 11) is 0. The van der Waals surface area contributed by atoms with Crippen LogP contribution in [-0.2, 0) is 16.0 Å². The summed E-state index contributed by atoms with van der Waals surface area (Å²) in [6, 6.07) is 11.2. The lowest BCUT2D eigenvalue weighted by Crippen LogP contribution is -2.39. The minimum Gasteiger partial charge on any atom is -0.484 e. The minimum atomic E-state index is -0.0382. The fourth-order valence-corrected chi connectivity index (χ4v) is 2.92. The number of hydrogen-bond donors (Lipinski definition) is 1. The van der Waals surface area contributed by atoms with E-state index in [0.717, 1.165) is 12.0 Å². The molecular weight excluding hydrogens is 318 g/mol. The van der Waals surface area contributed by atoms with Gasteiger partial charge in [0, 0.05) is 38.6 Å². The Kier molecular flexibility index (Phi) is 5.72. The normalized spacial score (nSPS) is 14.9. The van der Waals surface area contributed by atoms with Gasteiger partial charge >= 0.3 is 0 Å². The molecular formula is C19H23N3O3. The van der Waals surface area contributed by atoms with Gasteiger partial charge in [0.25, 0.3) is 5.91 Å². The first-order chi connectivity index (χ1) is 12.2. The maximum atomic E-state index is 12.4. The third-order valence-corrected chi connectivity index (χ3v) is 4.32. The van der Waals surface area contributed by atoms with Gasteiger partial charge in [-0.3, -0.25) is 9.59 Å². The molecule has 1 aliphatic rings. The topological polar surface area (TPSA) is 65.6 Å². The second kappa shape index (κ2) is 8.37. The molecule has 1 aromatic heterocycles. The molecule has 0 saturated carbocycles. The van der Waals surface area contributed by atoms with E-state index in [-0.39, 0.29) is 18.4 Å². The molecule has 6 heteroatoms. The highest BCUT2D eigenvalue weighted by Crippen LogP contribution is 2.10. The predicted octanol–water partition coefficient (Wildman–Crippen LogP) is 1.70. The number of para-hydroxylation sites is 1. The zero-order valence-corrected chi connectivity index (χ0v) is 14.2. The third kappa shape index (κ3) is 4.86. The third-order valence-electron chi connectivity index (χ3n) is 4.32. The van der Waals surface area contributed by atoms with Gasteiger partial charge in [-0.2, -0.15) is 0 Å². The van der Waals surface area contributed by atoms with Gasteiger partial charge in [-0.25, -0.2) is 0 Å². The Hall–Kier alpha value is -2.76. The van der Waals surface area contributed by atoms with E-state index in [9.17, 15) is 9.59 Å². The Labute approximate surface area is 147 Å². The minimum absolute atomic E-state index is 0.0291. The molecule has 25 heavy (non-hydrogen) atoms. The number of amides is 2. The van der Waals surface area contributed by atoms with E-state index in [1.54, 1.807) is 4.90 Å². The summed E-state index contributed by atoms with van der Waals surface area (Å²) in [6.07, 6.45) is 4.84. The van der Waals surface area contributed by atoms with Gasteiger partial charge in [-0.1, -0.05) is 18.2 Å². The highest BCUT2D eigenvalue weighted by molar-refractivity contribution is 5.80. The molecule has 0 atom stereocenters. The van der Waals surface area contributed by atoms with Crippen LogP contribution < -0.4 is 4.74 Å². The van der Waals surface area contributed by atoms with Crippen LogP contribution in [0.4, 0.5) is 0 Å². The first-order valence-corrected chi connectivity index (χ1v) is 8.57. The van der Waals surface area contributed by atoms with Crippen LogP contribution in [0.2, 0.25) is 0 Å². The van der Waals surface area contributed by atoms with Gasteiger partial charge in [0.2, 0.25) is 5.91 Å². The maximum Gasteiger partial charge on any atom is 0.260 e. The summed E-state index contributed by atoms with van der Waals surface area (Å²) in [5, 5.41) is 0. The fourth-order valence-electron chi connectivity index (χ4n) is 2.92. The monoisotopic (exact) mass is 341 g/mol. The highest BCUT2D eigenvalue weighted by Gasteiger charge is 2.22. The van der Waals surface area contributed by atoms with E-state index in [2.05, 4.69) is 4.98 Å². The average molecular weight is 341 g/mol. The van der Waals surface area contributed by atoms with Crippen LogP contribution >= 0.6 is 0 Å². The number of H-pyrrole nitrogens is 1. The Balaban J connectivity index is 1.47. The number of nitrogens with one attached hydrogen (secondary N) is 1. The summed E-state index contributed by atoms with van der Waals surface area (Å²) >= 11 is 0. The van der Waals surface area contributed by atoms with Gasteiger partial charge in [0.05, 0.1) is 6.42 Å². The van der Waals surface area contributed by atoms with Crippen molar-refractivity contribution in [2.75, 3.05) is 32.8 Å². The maximum absolute atomic E-state index is 12.4. The molecule has 0 bridgehead atoms. The number of benzene rings is 1.